The molecular weight excluding hydrogens is 210 g/mol. The molecule has 0 aliphatic carbocycles. The molecule has 1 fully saturated rings. The van der Waals surface area contributed by atoms with Gasteiger partial charge in [-0.05, 0) is 50.4 Å². The lowest BCUT2D eigenvalue weighted by Gasteiger charge is -2.19. The third-order valence-corrected chi connectivity index (χ3v) is 3.40. The zero-order chi connectivity index (χ0) is 12.1. The molecule has 1 aliphatic rings. The molecule has 1 aliphatic heterocycles. The quantitative estimate of drug-likeness (QED) is 0.847. The molecule has 0 spiro atoms. The van der Waals surface area contributed by atoms with E-state index in [4.69, 9.17) is 0 Å². The third-order valence-electron chi connectivity index (χ3n) is 3.40. The molecule has 1 aromatic rings. The fraction of sp³-hybridized carbons (Fsp3) is 0.643. The van der Waals surface area contributed by atoms with Crippen molar-refractivity contribution >= 4 is 5.82 Å². The van der Waals surface area contributed by atoms with E-state index in [1.165, 1.54) is 24.8 Å². The van der Waals surface area contributed by atoms with E-state index in [1.807, 2.05) is 6.20 Å². The normalized spacial score (nSPS) is 17.4. The monoisotopic (exact) mass is 233 g/mol. The molecule has 2 heterocycles. The molecule has 1 saturated heterocycles. The Morgan fingerprint density at radius 1 is 1.41 bits per heavy atom. The molecule has 1 aromatic heterocycles. The summed E-state index contributed by atoms with van der Waals surface area (Å²) in [5, 5.41) is 3.52. The van der Waals surface area contributed by atoms with Crippen molar-refractivity contribution < 1.29 is 0 Å². The number of anilines is 1. The van der Waals surface area contributed by atoms with Crippen LogP contribution < -0.4 is 10.2 Å². The van der Waals surface area contributed by atoms with Crippen LogP contribution in [0.1, 0.15) is 44.7 Å². The maximum atomic E-state index is 4.48. The van der Waals surface area contributed by atoms with Gasteiger partial charge < -0.3 is 10.2 Å². The molecule has 3 nitrogen and oxygen atoms in total. The van der Waals surface area contributed by atoms with Crippen LogP contribution in [-0.4, -0.2) is 24.6 Å². The number of aromatic nitrogens is 1. The second-order valence-corrected chi connectivity index (χ2v) is 4.82. The van der Waals surface area contributed by atoms with Crippen LogP contribution in [0.3, 0.4) is 0 Å². The molecular formula is C14H23N3. The number of hydrogen-bond donors (Lipinski definition) is 1. The first-order valence-corrected chi connectivity index (χ1v) is 6.75. The molecule has 0 radical (unpaired) electrons. The average molecular weight is 233 g/mol. The van der Waals surface area contributed by atoms with Gasteiger partial charge in [0.05, 0.1) is 0 Å². The van der Waals surface area contributed by atoms with E-state index in [1.54, 1.807) is 0 Å². The molecule has 94 valence electrons. The summed E-state index contributed by atoms with van der Waals surface area (Å²) in [4.78, 5) is 6.87. The van der Waals surface area contributed by atoms with E-state index in [-0.39, 0.29) is 0 Å². The van der Waals surface area contributed by atoms with Crippen LogP contribution in [0.4, 0.5) is 5.82 Å². The van der Waals surface area contributed by atoms with Gasteiger partial charge >= 0.3 is 0 Å². The number of rotatable bonds is 5. The number of nitrogens with zero attached hydrogens (tertiary/aromatic N) is 2. The van der Waals surface area contributed by atoms with Gasteiger partial charge in [-0.1, -0.05) is 6.92 Å². The molecule has 1 unspecified atom stereocenters. The Bertz CT molecular complexity index is 345. The minimum Gasteiger partial charge on any atom is -0.357 e. The fourth-order valence-corrected chi connectivity index (χ4v) is 2.30. The summed E-state index contributed by atoms with van der Waals surface area (Å²) in [6.07, 6.45) is 5.71. The van der Waals surface area contributed by atoms with Gasteiger partial charge in [0.1, 0.15) is 5.82 Å². The summed E-state index contributed by atoms with van der Waals surface area (Å²) < 4.78 is 0. The van der Waals surface area contributed by atoms with Crippen LogP contribution >= 0.6 is 0 Å². The van der Waals surface area contributed by atoms with E-state index in [2.05, 4.69) is 41.2 Å². The topological polar surface area (TPSA) is 28.2 Å². The Morgan fingerprint density at radius 2 is 2.18 bits per heavy atom. The smallest absolute Gasteiger partial charge is 0.128 e. The van der Waals surface area contributed by atoms with Gasteiger partial charge in [-0.2, -0.15) is 0 Å². The number of nitrogens with one attached hydrogen (secondary N) is 1. The second kappa shape index (κ2) is 6.01. The molecule has 1 atom stereocenters. The summed E-state index contributed by atoms with van der Waals surface area (Å²) in [5.74, 6) is 1.14. The largest absolute Gasteiger partial charge is 0.357 e. The first-order chi connectivity index (χ1) is 8.31. The highest BCUT2D eigenvalue weighted by Crippen LogP contribution is 2.21. The van der Waals surface area contributed by atoms with Crippen molar-refractivity contribution in [1.29, 1.82) is 0 Å². The lowest BCUT2D eigenvalue weighted by molar-refractivity contribution is 0.570. The van der Waals surface area contributed by atoms with E-state index in [9.17, 15) is 0 Å². The van der Waals surface area contributed by atoms with Crippen molar-refractivity contribution in [3.8, 4) is 0 Å². The predicted octanol–water partition coefficient (Wildman–Crippen LogP) is 2.74. The van der Waals surface area contributed by atoms with E-state index < -0.39 is 0 Å². The van der Waals surface area contributed by atoms with Gasteiger partial charge in [0.2, 0.25) is 0 Å². The van der Waals surface area contributed by atoms with Crippen molar-refractivity contribution in [1.82, 2.24) is 10.3 Å². The summed E-state index contributed by atoms with van der Waals surface area (Å²) in [6, 6.07) is 4.77. The van der Waals surface area contributed by atoms with Crippen molar-refractivity contribution in [3.63, 3.8) is 0 Å². The van der Waals surface area contributed by atoms with Gasteiger partial charge in [-0.25, -0.2) is 4.98 Å². The highest BCUT2D eigenvalue weighted by Gasteiger charge is 2.14. The Labute approximate surface area is 104 Å². The summed E-state index contributed by atoms with van der Waals surface area (Å²) in [5.41, 5.74) is 1.34. The lowest BCUT2D eigenvalue weighted by Crippen LogP contribution is -2.22. The minimum absolute atomic E-state index is 0.416. The minimum atomic E-state index is 0.416. The first kappa shape index (κ1) is 12.4. The standard InChI is InChI=1S/C14H23N3/c1-3-7-15-12(2)13-6-8-16-14(11-13)17-9-4-5-10-17/h6,8,11-12,15H,3-5,7,9-10H2,1-2H3. The van der Waals surface area contributed by atoms with Crippen LogP contribution in [-0.2, 0) is 0 Å². The van der Waals surface area contributed by atoms with E-state index in [0.717, 1.165) is 25.5 Å². The van der Waals surface area contributed by atoms with E-state index in [0.29, 0.717) is 6.04 Å². The highest BCUT2D eigenvalue weighted by atomic mass is 15.2. The van der Waals surface area contributed by atoms with Crippen LogP contribution in [0.15, 0.2) is 18.3 Å². The molecule has 0 aromatic carbocycles. The lowest BCUT2D eigenvalue weighted by atomic mass is 10.1. The molecule has 3 heteroatoms. The molecule has 17 heavy (non-hydrogen) atoms. The fourth-order valence-electron chi connectivity index (χ4n) is 2.30. The maximum Gasteiger partial charge on any atom is 0.128 e. The Kier molecular flexibility index (Phi) is 4.37. The second-order valence-electron chi connectivity index (χ2n) is 4.82. The summed E-state index contributed by atoms with van der Waals surface area (Å²) in [7, 11) is 0. The molecule has 0 bridgehead atoms. The van der Waals surface area contributed by atoms with Crippen LogP contribution in [0.5, 0.6) is 0 Å². The molecule has 2 rings (SSSR count). The average Bonchev–Trinajstić information content (AvgIpc) is 2.90. The first-order valence-electron chi connectivity index (χ1n) is 6.75. The van der Waals surface area contributed by atoms with Gasteiger partial charge in [-0.3, -0.25) is 0 Å². The van der Waals surface area contributed by atoms with Crippen molar-refractivity contribution in [2.45, 2.75) is 39.2 Å². The highest BCUT2D eigenvalue weighted by molar-refractivity contribution is 5.42. The zero-order valence-electron chi connectivity index (χ0n) is 10.9. The summed E-state index contributed by atoms with van der Waals surface area (Å²) >= 11 is 0. The Balaban J connectivity index is 2.05. The van der Waals surface area contributed by atoms with Gasteiger partial charge in [0, 0.05) is 25.3 Å². The Hall–Kier alpha value is -1.09. The van der Waals surface area contributed by atoms with Crippen LogP contribution in [0.2, 0.25) is 0 Å². The third kappa shape index (κ3) is 3.19. The molecule has 0 saturated carbocycles. The van der Waals surface area contributed by atoms with Gasteiger partial charge in [0.15, 0.2) is 0 Å². The van der Waals surface area contributed by atoms with Crippen LogP contribution in [0.25, 0.3) is 0 Å². The van der Waals surface area contributed by atoms with Crippen molar-refractivity contribution in [2.75, 3.05) is 24.5 Å². The zero-order valence-corrected chi connectivity index (χ0v) is 10.9. The molecule has 1 N–H and O–H groups in total. The number of pyridine rings is 1. The molecule has 0 amide bonds. The van der Waals surface area contributed by atoms with Gasteiger partial charge in [0.25, 0.3) is 0 Å². The Morgan fingerprint density at radius 3 is 2.88 bits per heavy atom. The van der Waals surface area contributed by atoms with Crippen molar-refractivity contribution in [3.05, 3.63) is 23.9 Å². The maximum absolute atomic E-state index is 4.48. The van der Waals surface area contributed by atoms with E-state index >= 15 is 0 Å². The van der Waals surface area contributed by atoms with Gasteiger partial charge in [-0.15, -0.1) is 0 Å². The van der Waals surface area contributed by atoms with Crippen molar-refractivity contribution in [2.24, 2.45) is 0 Å². The summed E-state index contributed by atoms with van der Waals surface area (Å²) in [6.45, 7) is 7.81. The van der Waals surface area contributed by atoms with Crippen LogP contribution in [0, 0.1) is 0 Å². The predicted molar refractivity (Wildman–Crippen MR) is 72.4 cm³/mol. The number of hydrogen-bond acceptors (Lipinski definition) is 3. The SMILES string of the molecule is CCCNC(C)c1ccnc(N2CCCC2)c1.